The summed E-state index contributed by atoms with van der Waals surface area (Å²) in [4.78, 5) is 37.3. The first kappa shape index (κ1) is 12.1. The fraction of sp³-hybridized carbons (Fsp3) is 0.250. The van der Waals surface area contributed by atoms with Crippen LogP contribution in [0.5, 0.6) is 0 Å². The zero-order valence-electron chi connectivity index (χ0n) is 9.73. The number of rotatable bonds is 3. The second kappa shape index (κ2) is 4.48. The summed E-state index contributed by atoms with van der Waals surface area (Å²) in [6.07, 6.45) is 3.49. The van der Waals surface area contributed by atoms with Crippen LogP contribution in [-0.4, -0.2) is 21.4 Å². The zero-order chi connectivity index (χ0) is 13.3. The standard InChI is InChI=1S/C12H13N3O3/c1-3-7-8(4-2)15(12(18)13-7)9-5-6-10(16)14-11(9)17/h3-4,9H,1-2,5-6H2,(H,13,18)(H,14,16,17). The number of hydrogen-bond donors (Lipinski definition) is 2. The van der Waals surface area contributed by atoms with Gasteiger partial charge in [0.15, 0.2) is 0 Å². The third kappa shape index (κ3) is 1.81. The number of piperidine rings is 1. The van der Waals surface area contributed by atoms with Crippen LogP contribution in [0.2, 0.25) is 0 Å². The van der Waals surface area contributed by atoms with Gasteiger partial charge in [-0.3, -0.25) is 19.5 Å². The van der Waals surface area contributed by atoms with Crippen molar-refractivity contribution in [1.29, 1.82) is 0 Å². The molecule has 0 radical (unpaired) electrons. The zero-order valence-corrected chi connectivity index (χ0v) is 9.73. The molecule has 1 aromatic heterocycles. The Hall–Kier alpha value is -2.37. The maximum Gasteiger partial charge on any atom is 0.327 e. The van der Waals surface area contributed by atoms with Gasteiger partial charge in [-0.2, -0.15) is 0 Å². The fourth-order valence-corrected chi connectivity index (χ4v) is 2.08. The number of H-pyrrole nitrogens is 1. The van der Waals surface area contributed by atoms with Crippen molar-refractivity contribution in [3.63, 3.8) is 0 Å². The molecular formula is C12H13N3O3. The molecule has 1 unspecified atom stereocenters. The average Bonchev–Trinajstić information content (AvgIpc) is 2.65. The van der Waals surface area contributed by atoms with Gasteiger partial charge in [-0.15, -0.1) is 0 Å². The summed E-state index contributed by atoms with van der Waals surface area (Å²) in [6.45, 7) is 7.21. The van der Waals surface area contributed by atoms with Gasteiger partial charge in [-0.25, -0.2) is 4.79 Å². The Morgan fingerprint density at radius 3 is 2.50 bits per heavy atom. The number of carbonyl (C=O) groups excluding carboxylic acids is 2. The van der Waals surface area contributed by atoms with Crippen LogP contribution in [0.25, 0.3) is 12.2 Å². The van der Waals surface area contributed by atoms with Gasteiger partial charge >= 0.3 is 5.69 Å². The maximum atomic E-state index is 11.9. The fourth-order valence-electron chi connectivity index (χ4n) is 2.08. The van der Waals surface area contributed by atoms with Crippen molar-refractivity contribution >= 4 is 24.0 Å². The Bertz CT molecular complexity index is 594. The quantitative estimate of drug-likeness (QED) is 0.760. The Kier molecular flexibility index (Phi) is 3.01. The molecule has 2 amide bonds. The first-order valence-electron chi connectivity index (χ1n) is 5.51. The number of nitrogens with zero attached hydrogens (tertiary/aromatic N) is 1. The van der Waals surface area contributed by atoms with Gasteiger partial charge in [-0.05, 0) is 18.6 Å². The number of amides is 2. The summed E-state index contributed by atoms with van der Waals surface area (Å²) in [5.41, 5.74) is 0.610. The lowest BCUT2D eigenvalue weighted by Crippen LogP contribution is -2.44. The van der Waals surface area contributed by atoms with Crippen molar-refractivity contribution in [3.05, 3.63) is 35.0 Å². The molecule has 18 heavy (non-hydrogen) atoms. The molecule has 2 heterocycles. The lowest BCUT2D eigenvalue weighted by molar-refractivity contribution is -0.135. The number of carbonyl (C=O) groups is 2. The minimum Gasteiger partial charge on any atom is -0.306 e. The number of imidazole rings is 1. The van der Waals surface area contributed by atoms with E-state index in [9.17, 15) is 14.4 Å². The Morgan fingerprint density at radius 2 is 1.94 bits per heavy atom. The lowest BCUT2D eigenvalue weighted by Gasteiger charge is -2.22. The van der Waals surface area contributed by atoms with E-state index in [0.717, 1.165) is 0 Å². The van der Waals surface area contributed by atoms with Gasteiger partial charge in [-0.1, -0.05) is 13.2 Å². The molecule has 0 spiro atoms. The number of hydrogen-bond acceptors (Lipinski definition) is 3. The largest absolute Gasteiger partial charge is 0.327 e. The molecule has 1 aliphatic heterocycles. The summed E-state index contributed by atoms with van der Waals surface area (Å²) in [5.74, 6) is -0.782. The second-order valence-electron chi connectivity index (χ2n) is 3.97. The summed E-state index contributed by atoms with van der Waals surface area (Å²) >= 11 is 0. The molecule has 1 saturated heterocycles. The smallest absolute Gasteiger partial charge is 0.306 e. The topological polar surface area (TPSA) is 84.0 Å². The molecule has 0 aromatic carbocycles. The summed E-state index contributed by atoms with van der Waals surface area (Å²) in [5, 5.41) is 2.22. The molecule has 0 bridgehead atoms. The third-order valence-corrected chi connectivity index (χ3v) is 2.92. The molecule has 1 fully saturated rings. The Labute approximate surface area is 103 Å². The second-order valence-corrected chi connectivity index (χ2v) is 3.97. The van der Waals surface area contributed by atoms with E-state index in [-0.39, 0.29) is 12.3 Å². The van der Waals surface area contributed by atoms with Crippen LogP contribution in [0, 0.1) is 0 Å². The molecule has 2 N–H and O–H groups in total. The van der Waals surface area contributed by atoms with E-state index in [1.54, 1.807) is 0 Å². The third-order valence-electron chi connectivity index (χ3n) is 2.92. The van der Waals surface area contributed by atoms with E-state index in [4.69, 9.17) is 0 Å². The Morgan fingerprint density at radius 1 is 1.22 bits per heavy atom. The van der Waals surface area contributed by atoms with Gasteiger partial charge in [0.1, 0.15) is 6.04 Å². The highest BCUT2D eigenvalue weighted by atomic mass is 16.2. The van der Waals surface area contributed by atoms with E-state index in [1.807, 2.05) is 0 Å². The first-order valence-corrected chi connectivity index (χ1v) is 5.51. The lowest BCUT2D eigenvalue weighted by atomic mass is 10.1. The van der Waals surface area contributed by atoms with Crippen molar-refractivity contribution in [2.75, 3.05) is 0 Å². The molecule has 1 atom stereocenters. The van der Waals surface area contributed by atoms with E-state index >= 15 is 0 Å². The van der Waals surface area contributed by atoms with E-state index in [2.05, 4.69) is 23.5 Å². The molecule has 0 aliphatic carbocycles. The minimum atomic E-state index is -0.687. The first-order chi connectivity index (χ1) is 8.58. The van der Waals surface area contributed by atoms with Crippen molar-refractivity contribution in [2.45, 2.75) is 18.9 Å². The summed E-state index contributed by atoms with van der Waals surface area (Å²) in [6, 6.07) is -0.687. The average molecular weight is 247 g/mol. The number of aromatic amines is 1. The van der Waals surface area contributed by atoms with E-state index in [0.29, 0.717) is 17.8 Å². The van der Waals surface area contributed by atoms with Crippen molar-refractivity contribution < 1.29 is 9.59 Å². The van der Waals surface area contributed by atoms with Gasteiger partial charge in [0.05, 0.1) is 11.4 Å². The molecular weight excluding hydrogens is 234 g/mol. The van der Waals surface area contributed by atoms with Gasteiger partial charge in [0, 0.05) is 6.42 Å². The molecule has 2 rings (SSSR count). The molecule has 6 nitrogen and oxygen atoms in total. The summed E-state index contributed by atoms with van der Waals surface area (Å²) < 4.78 is 1.31. The predicted molar refractivity (Wildman–Crippen MR) is 66.7 cm³/mol. The molecule has 6 heteroatoms. The van der Waals surface area contributed by atoms with Crippen molar-refractivity contribution in [3.8, 4) is 0 Å². The van der Waals surface area contributed by atoms with Crippen LogP contribution in [0.15, 0.2) is 18.0 Å². The number of imide groups is 1. The normalized spacial score (nSPS) is 19.4. The van der Waals surface area contributed by atoms with E-state index in [1.165, 1.54) is 16.7 Å². The monoisotopic (exact) mass is 247 g/mol. The number of aromatic nitrogens is 2. The molecule has 0 saturated carbocycles. The highest BCUT2D eigenvalue weighted by molar-refractivity contribution is 5.99. The van der Waals surface area contributed by atoms with Crippen LogP contribution in [-0.2, 0) is 9.59 Å². The Balaban J connectivity index is 2.51. The van der Waals surface area contributed by atoms with Gasteiger partial charge in [0.25, 0.3) is 0 Å². The molecule has 94 valence electrons. The van der Waals surface area contributed by atoms with Crippen LogP contribution >= 0.6 is 0 Å². The van der Waals surface area contributed by atoms with E-state index < -0.39 is 17.6 Å². The summed E-state index contributed by atoms with van der Waals surface area (Å²) in [7, 11) is 0. The highest BCUT2D eigenvalue weighted by Gasteiger charge is 2.30. The highest BCUT2D eigenvalue weighted by Crippen LogP contribution is 2.21. The minimum absolute atomic E-state index is 0.216. The number of nitrogens with one attached hydrogen (secondary N) is 2. The van der Waals surface area contributed by atoms with Crippen LogP contribution in [0.1, 0.15) is 30.3 Å². The maximum absolute atomic E-state index is 11.9. The van der Waals surface area contributed by atoms with Crippen LogP contribution < -0.4 is 11.0 Å². The van der Waals surface area contributed by atoms with Crippen molar-refractivity contribution in [2.24, 2.45) is 0 Å². The van der Waals surface area contributed by atoms with Crippen LogP contribution in [0.3, 0.4) is 0 Å². The molecule has 1 aliphatic rings. The molecule has 1 aromatic rings. The van der Waals surface area contributed by atoms with Crippen LogP contribution in [0.4, 0.5) is 0 Å². The van der Waals surface area contributed by atoms with Gasteiger partial charge in [0.2, 0.25) is 11.8 Å². The van der Waals surface area contributed by atoms with Gasteiger partial charge < -0.3 is 4.98 Å². The van der Waals surface area contributed by atoms with Crippen molar-refractivity contribution in [1.82, 2.24) is 14.9 Å². The SMILES string of the molecule is C=Cc1[nH]c(=O)n(C2CCC(=O)NC2=O)c1C=C. The predicted octanol–water partition coefficient (Wildman–Crippen LogP) is 0.440.